The van der Waals surface area contributed by atoms with Crippen molar-refractivity contribution < 1.29 is 0 Å². The molecule has 0 spiro atoms. The van der Waals surface area contributed by atoms with Gasteiger partial charge in [-0.1, -0.05) is 138 Å². The molecule has 0 fully saturated rings. The van der Waals surface area contributed by atoms with Gasteiger partial charge >= 0.3 is 0 Å². The second-order valence-electron chi connectivity index (χ2n) is 9.47. The highest BCUT2D eigenvalue weighted by atomic mass is 14.1. The maximum Gasteiger partial charge on any atom is -0.0443 e. The van der Waals surface area contributed by atoms with Crippen molar-refractivity contribution in [1.82, 2.24) is 0 Å². The monoisotopic (exact) mass is 352 g/mol. The zero-order chi connectivity index (χ0) is 18.9. The van der Waals surface area contributed by atoms with Gasteiger partial charge in [0.05, 0.1) is 0 Å². The van der Waals surface area contributed by atoms with E-state index in [2.05, 4.69) is 41.5 Å². The standard InChI is InChI=1S/C25H52/c1-7-15-23(4)17-11-12-19-25(6)21-14-13-20-24(5)18-10-9-16-22(3)8-2/h22-25H,7-21H2,1-6H3. The Morgan fingerprint density at radius 2 is 0.680 bits per heavy atom. The van der Waals surface area contributed by atoms with Crippen molar-refractivity contribution in [3.05, 3.63) is 0 Å². The lowest BCUT2D eigenvalue weighted by atomic mass is 9.91. The van der Waals surface area contributed by atoms with Crippen LogP contribution in [0.2, 0.25) is 0 Å². The van der Waals surface area contributed by atoms with Gasteiger partial charge in [-0.25, -0.2) is 0 Å². The summed E-state index contributed by atoms with van der Waals surface area (Å²) in [4.78, 5) is 0. The van der Waals surface area contributed by atoms with Crippen LogP contribution in [0.25, 0.3) is 0 Å². The van der Waals surface area contributed by atoms with Gasteiger partial charge in [0.2, 0.25) is 0 Å². The fourth-order valence-corrected chi connectivity index (χ4v) is 4.09. The molecule has 0 aliphatic carbocycles. The average Bonchev–Trinajstić information content (AvgIpc) is 2.59. The van der Waals surface area contributed by atoms with E-state index in [4.69, 9.17) is 0 Å². The van der Waals surface area contributed by atoms with E-state index in [9.17, 15) is 0 Å². The zero-order valence-electron chi connectivity index (χ0n) is 18.9. The molecule has 0 rings (SSSR count). The van der Waals surface area contributed by atoms with Crippen LogP contribution in [-0.2, 0) is 0 Å². The lowest BCUT2D eigenvalue weighted by Crippen LogP contribution is -1.99. The Balaban J connectivity index is 3.42. The van der Waals surface area contributed by atoms with Crippen molar-refractivity contribution in [2.24, 2.45) is 23.7 Å². The second-order valence-corrected chi connectivity index (χ2v) is 9.47. The molecule has 25 heavy (non-hydrogen) atoms. The number of unbranched alkanes of at least 4 members (excludes halogenated alkanes) is 3. The smallest absolute Gasteiger partial charge is 0.0443 e. The van der Waals surface area contributed by atoms with Crippen LogP contribution in [0.5, 0.6) is 0 Å². The summed E-state index contributed by atoms with van der Waals surface area (Å²) in [6.45, 7) is 14.4. The maximum absolute atomic E-state index is 2.48. The van der Waals surface area contributed by atoms with Crippen LogP contribution in [0.3, 0.4) is 0 Å². The molecule has 0 aromatic heterocycles. The van der Waals surface area contributed by atoms with E-state index in [0.717, 1.165) is 23.7 Å². The minimum absolute atomic E-state index is 0.937. The third kappa shape index (κ3) is 17.2. The SMILES string of the molecule is CCCC(C)CCCCC(C)CCCCC(C)CCCCC(C)CC. The van der Waals surface area contributed by atoms with Crippen LogP contribution >= 0.6 is 0 Å². The van der Waals surface area contributed by atoms with Gasteiger partial charge in [-0.15, -0.1) is 0 Å². The molecule has 0 heteroatoms. The molecule has 0 bridgehead atoms. The molecule has 0 heterocycles. The highest BCUT2D eigenvalue weighted by molar-refractivity contribution is 4.60. The molecule has 0 amide bonds. The average molecular weight is 353 g/mol. The summed E-state index contributed by atoms with van der Waals surface area (Å²) in [5.74, 6) is 3.79. The largest absolute Gasteiger partial charge is 0.0654 e. The molecule has 0 saturated carbocycles. The van der Waals surface area contributed by atoms with Crippen LogP contribution in [0, 0.1) is 23.7 Å². The Morgan fingerprint density at radius 3 is 0.960 bits per heavy atom. The molecule has 0 nitrogen and oxygen atoms in total. The predicted molar refractivity (Wildman–Crippen MR) is 117 cm³/mol. The first-order chi connectivity index (χ1) is 12.0. The minimum atomic E-state index is 0.937. The molecule has 0 radical (unpaired) electrons. The van der Waals surface area contributed by atoms with E-state index in [1.165, 1.54) is 96.3 Å². The molecule has 0 N–H and O–H groups in total. The van der Waals surface area contributed by atoms with E-state index >= 15 is 0 Å². The fourth-order valence-electron chi connectivity index (χ4n) is 4.09. The van der Waals surface area contributed by atoms with Gasteiger partial charge in [0.25, 0.3) is 0 Å². The first-order valence-corrected chi connectivity index (χ1v) is 12.0. The normalized spacial score (nSPS) is 16.6. The summed E-state index contributed by atoms with van der Waals surface area (Å²) < 4.78 is 0. The van der Waals surface area contributed by atoms with Gasteiger partial charge in [-0.2, -0.15) is 0 Å². The molecule has 0 aliphatic rings. The molecular weight excluding hydrogens is 300 g/mol. The second kappa shape index (κ2) is 17.4. The van der Waals surface area contributed by atoms with Crippen LogP contribution < -0.4 is 0 Å². The molecule has 0 aromatic carbocycles. The Morgan fingerprint density at radius 1 is 0.400 bits per heavy atom. The third-order valence-electron chi connectivity index (χ3n) is 6.41. The van der Waals surface area contributed by atoms with Gasteiger partial charge in [0, 0.05) is 0 Å². The number of rotatable bonds is 18. The van der Waals surface area contributed by atoms with Crippen molar-refractivity contribution in [2.75, 3.05) is 0 Å². The molecule has 4 atom stereocenters. The molecule has 4 unspecified atom stereocenters. The molecule has 152 valence electrons. The van der Waals surface area contributed by atoms with Gasteiger partial charge in [-0.3, -0.25) is 0 Å². The summed E-state index contributed by atoms with van der Waals surface area (Å²) in [7, 11) is 0. The minimum Gasteiger partial charge on any atom is -0.0654 e. The Kier molecular flexibility index (Phi) is 17.4. The molecule has 0 saturated heterocycles. The lowest BCUT2D eigenvalue weighted by Gasteiger charge is -2.15. The fraction of sp³-hybridized carbons (Fsp3) is 1.00. The van der Waals surface area contributed by atoms with Crippen molar-refractivity contribution in [1.29, 1.82) is 0 Å². The molecular formula is C25H52. The van der Waals surface area contributed by atoms with Crippen LogP contribution in [0.1, 0.15) is 138 Å². The Bertz CT molecular complexity index is 257. The number of hydrogen-bond donors (Lipinski definition) is 0. The molecule has 0 aromatic rings. The van der Waals surface area contributed by atoms with Crippen molar-refractivity contribution in [3.8, 4) is 0 Å². The zero-order valence-corrected chi connectivity index (χ0v) is 18.9. The van der Waals surface area contributed by atoms with Gasteiger partial charge in [0.1, 0.15) is 0 Å². The van der Waals surface area contributed by atoms with Gasteiger partial charge < -0.3 is 0 Å². The van der Waals surface area contributed by atoms with Crippen molar-refractivity contribution in [3.63, 3.8) is 0 Å². The molecule has 0 aliphatic heterocycles. The van der Waals surface area contributed by atoms with E-state index in [0.29, 0.717) is 0 Å². The van der Waals surface area contributed by atoms with E-state index in [1.807, 2.05) is 0 Å². The summed E-state index contributed by atoms with van der Waals surface area (Å²) in [6.07, 6.45) is 21.6. The van der Waals surface area contributed by atoms with Crippen LogP contribution in [-0.4, -0.2) is 0 Å². The van der Waals surface area contributed by atoms with Crippen LogP contribution in [0.4, 0.5) is 0 Å². The van der Waals surface area contributed by atoms with E-state index < -0.39 is 0 Å². The maximum atomic E-state index is 2.48. The highest BCUT2D eigenvalue weighted by Crippen LogP contribution is 2.22. The summed E-state index contributed by atoms with van der Waals surface area (Å²) in [6, 6.07) is 0. The lowest BCUT2D eigenvalue weighted by molar-refractivity contribution is 0.387. The quantitative estimate of drug-likeness (QED) is 0.215. The summed E-state index contributed by atoms with van der Waals surface area (Å²) in [5, 5.41) is 0. The first-order valence-electron chi connectivity index (χ1n) is 12.0. The topological polar surface area (TPSA) is 0 Å². The third-order valence-corrected chi connectivity index (χ3v) is 6.41. The first kappa shape index (κ1) is 25.0. The van der Waals surface area contributed by atoms with Crippen molar-refractivity contribution >= 4 is 0 Å². The van der Waals surface area contributed by atoms with Crippen LogP contribution in [0.15, 0.2) is 0 Å². The van der Waals surface area contributed by atoms with Gasteiger partial charge in [-0.05, 0) is 23.7 Å². The van der Waals surface area contributed by atoms with Gasteiger partial charge in [0.15, 0.2) is 0 Å². The van der Waals surface area contributed by atoms with E-state index in [-0.39, 0.29) is 0 Å². The summed E-state index contributed by atoms with van der Waals surface area (Å²) in [5.41, 5.74) is 0. The summed E-state index contributed by atoms with van der Waals surface area (Å²) >= 11 is 0. The van der Waals surface area contributed by atoms with Crippen molar-refractivity contribution in [2.45, 2.75) is 138 Å². The predicted octanol–water partition coefficient (Wildman–Crippen LogP) is 9.42. The highest BCUT2D eigenvalue weighted by Gasteiger charge is 2.06. The Labute approximate surface area is 161 Å². The number of hydrogen-bond acceptors (Lipinski definition) is 0. The Hall–Kier alpha value is 0. The van der Waals surface area contributed by atoms with E-state index in [1.54, 1.807) is 0 Å².